The molecule has 4 rings (SSSR count). The standard InChI is InChI=1S/C18H21N5OS2/c1-10(2)23-14(7-8-19-23)22-15(24)9-25-17-16-12-5-4-6-13(12)26-18(16)21-11(3)20-17/h7-8,10H,4-6,9H2,1-3H3,(H,22,24). The van der Waals surface area contributed by atoms with Crippen LogP contribution >= 0.6 is 23.1 Å². The van der Waals surface area contributed by atoms with Crippen molar-refractivity contribution < 1.29 is 4.79 Å². The molecule has 8 heteroatoms. The van der Waals surface area contributed by atoms with Gasteiger partial charge < -0.3 is 5.32 Å². The zero-order valence-electron chi connectivity index (χ0n) is 15.1. The first-order valence-electron chi connectivity index (χ1n) is 8.78. The smallest absolute Gasteiger partial charge is 0.235 e. The minimum Gasteiger partial charge on any atom is -0.310 e. The molecule has 3 heterocycles. The summed E-state index contributed by atoms with van der Waals surface area (Å²) < 4.78 is 1.81. The Balaban J connectivity index is 1.53. The summed E-state index contributed by atoms with van der Waals surface area (Å²) in [6.45, 7) is 5.99. The van der Waals surface area contributed by atoms with Crippen molar-refractivity contribution in [2.45, 2.75) is 51.1 Å². The van der Waals surface area contributed by atoms with E-state index >= 15 is 0 Å². The van der Waals surface area contributed by atoms with Gasteiger partial charge in [-0.2, -0.15) is 5.10 Å². The molecule has 3 aromatic rings. The third-order valence-electron chi connectivity index (χ3n) is 4.41. The fourth-order valence-corrected chi connectivity index (χ4v) is 5.58. The summed E-state index contributed by atoms with van der Waals surface area (Å²) in [6.07, 6.45) is 5.14. The molecule has 0 fully saturated rings. The molecule has 3 aromatic heterocycles. The quantitative estimate of drug-likeness (QED) is 0.529. The van der Waals surface area contributed by atoms with Crippen LogP contribution in [0.5, 0.6) is 0 Å². The van der Waals surface area contributed by atoms with Gasteiger partial charge in [-0.1, -0.05) is 11.8 Å². The van der Waals surface area contributed by atoms with Gasteiger partial charge >= 0.3 is 0 Å². The summed E-state index contributed by atoms with van der Waals surface area (Å²) in [6, 6.07) is 2.02. The summed E-state index contributed by atoms with van der Waals surface area (Å²) >= 11 is 3.27. The molecule has 1 aliphatic carbocycles. The van der Waals surface area contributed by atoms with Crippen LogP contribution in [0.3, 0.4) is 0 Å². The third kappa shape index (κ3) is 3.23. The molecule has 0 unspecified atom stereocenters. The number of nitrogens with one attached hydrogen (secondary N) is 1. The second-order valence-corrected chi connectivity index (χ2v) is 8.75. The number of aromatic nitrogens is 4. The van der Waals surface area contributed by atoms with Crippen molar-refractivity contribution in [3.8, 4) is 0 Å². The van der Waals surface area contributed by atoms with Gasteiger partial charge in [-0.3, -0.25) is 4.79 Å². The van der Waals surface area contributed by atoms with Crippen LogP contribution in [0.2, 0.25) is 0 Å². The van der Waals surface area contributed by atoms with Gasteiger partial charge in [0.1, 0.15) is 21.5 Å². The molecule has 1 N–H and O–H groups in total. The molecule has 0 aliphatic heterocycles. The largest absolute Gasteiger partial charge is 0.310 e. The van der Waals surface area contributed by atoms with E-state index in [9.17, 15) is 4.79 Å². The van der Waals surface area contributed by atoms with Gasteiger partial charge in [-0.25, -0.2) is 14.6 Å². The van der Waals surface area contributed by atoms with Crippen LogP contribution in [0.4, 0.5) is 5.82 Å². The van der Waals surface area contributed by atoms with Crippen LogP contribution in [0.1, 0.15) is 42.6 Å². The fourth-order valence-electron chi connectivity index (χ4n) is 3.31. The normalized spacial score (nSPS) is 13.5. The molecule has 0 saturated heterocycles. The fraction of sp³-hybridized carbons (Fsp3) is 0.444. The zero-order chi connectivity index (χ0) is 18.3. The van der Waals surface area contributed by atoms with Gasteiger partial charge in [0.25, 0.3) is 0 Å². The Morgan fingerprint density at radius 2 is 2.23 bits per heavy atom. The van der Waals surface area contributed by atoms with Crippen molar-refractivity contribution >= 4 is 45.0 Å². The number of carbonyl (C=O) groups excluding carboxylic acids is 1. The Morgan fingerprint density at radius 3 is 3.04 bits per heavy atom. The van der Waals surface area contributed by atoms with E-state index in [4.69, 9.17) is 0 Å². The predicted molar refractivity (Wildman–Crippen MR) is 106 cm³/mol. The molecule has 0 saturated carbocycles. The Morgan fingerprint density at radius 1 is 1.38 bits per heavy atom. The molecule has 136 valence electrons. The summed E-state index contributed by atoms with van der Waals surface area (Å²) in [5.74, 6) is 1.76. The summed E-state index contributed by atoms with van der Waals surface area (Å²) in [7, 11) is 0. The second kappa shape index (κ2) is 7.00. The highest BCUT2D eigenvalue weighted by molar-refractivity contribution is 8.00. The number of aryl methyl sites for hydroxylation is 3. The Bertz CT molecular complexity index is 976. The van der Waals surface area contributed by atoms with E-state index in [1.807, 2.05) is 26.8 Å². The number of thiophene rings is 1. The van der Waals surface area contributed by atoms with Gasteiger partial charge in [0.15, 0.2) is 0 Å². The van der Waals surface area contributed by atoms with Crippen molar-refractivity contribution in [2.24, 2.45) is 0 Å². The van der Waals surface area contributed by atoms with Gasteiger partial charge in [-0.15, -0.1) is 11.3 Å². The lowest BCUT2D eigenvalue weighted by molar-refractivity contribution is -0.113. The summed E-state index contributed by atoms with van der Waals surface area (Å²) in [5, 5.41) is 9.29. The average Bonchev–Trinajstić information content (AvgIpc) is 3.27. The number of thioether (sulfide) groups is 1. The molecule has 1 amide bonds. The number of anilines is 1. The Hall–Kier alpha value is -1.93. The van der Waals surface area contributed by atoms with Crippen molar-refractivity contribution in [1.82, 2.24) is 19.7 Å². The van der Waals surface area contributed by atoms with Crippen LogP contribution in [-0.2, 0) is 17.6 Å². The minimum absolute atomic E-state index is 0.0475. The lowest BCUT2D eigenvalue weighted by Gasteiger charge is -2.11. The van der Waals surface area contributed by atoms with Gasteiger partial charge in [0.2, 0.25) is 5.91 Å². The van der Waals surface area contributed by atoms with E-state index in [0.29, 0.717) is 5.75 Å². The average molecular weight is 388 g/mol. The lowest BCUT2D eigenvalue weighted by atomic mass is 10.2. The van der Waals surface area contributed by atoms with Gasteiger partial charge in [0.05, 0.1) is 11.9 Å². The van der Waals surface area contributed by atoms with E-state index < -0.39 is 0 Å². The molecule has 0 aromatic carbocycles. The maximum absolute atomic E-state index is 12.4. The maximum Gasteiger partial charge on any atom is 0.235 e. The molecule has 0 atom stereocenters. The van der Waals surface area contributed by atoms with Crippen molar-refractivity contribution in [2.75, 3.05) is 11.1 Å². The highest BCUT2D eigenvalue weighted by Gasteiger charge is 2.22. The van der Waals surface area contributed by atoms with E-state index in [0.717, 1.165) is 39.7 Å². The number of hydrogen-bond donors (Lipinski definition) is 1. The van der Waals surface area contributed by atoms with Crippen LogP contribution in [-0.4, -0.2) is 31.4 Å². The summed E-state index contributed by atoms with van der Waals surface area (Å²) in [5.41, 5.74) is 1.39. The first-order valence-corrected chi connectivity index (χ1v) is 10.6. The maximum atomic E-state index is 12.4. The number of hydrogen-bond acceptors (Lipinski definition) is 6. The molecule has 1 aliphatic rings. The highest BCUT2D eigenvalue weighted by atomic mass is 32.2. The van der Waals surface area contributed by atoms with Crippen LogP contribution < -0.4 is 5.32 Å². The lowest BCUT2D eigenvalue weighted by Crippen LogP contribution is -2.18. The monoisotopic (exact) mass is 387 g/mol. The number of nitrogens with zero attached hydrogens (tertiary/aromatic N) is 4. The topological polar surface area (TPSA) is 72.7 Å². The van der Waals surface area contributed by atoms with Crippen LogP contribution in [0.25, 0.3) is 10.2 Å². The van der Waals surface area contributed by atoms with Crippen LogP contribution in [0.15, 0.2) is 17.3 Å². The van der Waals surface area contributed by atoms with E-state index in [1.54, 1.807) is 22.2 Å². The minimum atomic E-state index is -0.0475. The Labute approximate surface area is 160 Å². The number of rotatable bonds is 5. The highest BCUT2D eigenvalue weighted by Crippen LogP contribution is 2.40. The van der Waals surface area contributed by atoms with E-state index in [1.165, 1.54) is 28.6 Å². The number of carbonyl (C=O) groups is 1. The molecule has 26 heavy (non-hydrogen) atoms. The van der Waals surface area contributed by atoms with Gasteiger partial charge in [0, 0.05) is 22.4 Å². The number of fused-ring (bicyclic) bond motifs is 3. The molecular formula is C18H21N5OS2. The Kier molecular flexibility index (Phi) is 4.71. The van der Waals surface area contributed by atoms with Crippen molar-refractivity contribution in [1.29, 1.82) is 0 Å². The molecule has 0 bridgehead atoms. The summed E-state index contributed by atoms with van der Waals surface area (Å²) in [4.78, 5) is 24.2. The molecule has 0 radical (unpaired) electrons. The van der Waals surface area contributed by atoms with Gasteiger partial charge in [-0.05, 0) is 45.6 Å². The zero-order valence-corrected chi connectivity index (χ0v) is 16.7. The molecule has 0 spiro atoms. The molecule has 6 nitrogen and oxygen atoms in total. The predicted octanol–water partition coefficient (Wildman–Crippen LogP) is 4.00. The van der Waals surface area contributed by atoms with E-state index in [-0.39, 0.29) is 11.9 Å². The van der Waals surface area contributed by atoms with Crippen molar-refractivity contribution in [3.05, 3.63) is 28.5 Å². The van der Waals surface area contributed by atoms with Crippen LogP contribution in [0, 0.1) is 6.92 Å². The second-order valence-electron chi connectivity index (χ2n) is 6.71. The first kappa shape index (κ1) is 17.5. The third-order valence-corrected chi connectivity index (χ3v) is 6.57. The SMILES string of the molecule is Cc1nc(SCC(=O)Nc2ccnn2C(C)C)c2c3c(sc2n1)CCC3. The molecular weight excluding hydrogens is 366 g/mol. The van der Waals surface area contributed by atoms with E-state index in [2.05, 4.69) is 20.4 Å². The van der Waals surface area contributed by atoms with Crippen molar-refractivity contribution in [3.63, 3.8) is 0 Å². The first-order chi connectivity index (χ1) is 12.5. The number of amides is 1.